The molecule has 0 radical (unpaired) electrons. The largest absolute Gasteiger partial charge is 0.491 e. The van der Waals surface area contributed by atoms with Gasteiger partial charge in [-0.05, 0) is 34.1 Å². The quantitative estimate of drug-likeness (QED) is 0.639. The molecular weight excluding hydrogens is 466 g/mol. The van der Waals surface area contributed by atoms with Crippen molar-refractivity contribution in [2.75, 3.05) is 13.2 Å². The summed E-state index contributed by atoms with van der Waals surface area (Å²) in [6.07, 6.45) is -9.64. The second-order valence-electron chi connectivity index (χ2n) is 6.26. The second-order valence-corrected chi connectivity index (χ2v) is 7.11. The first-order chi connectivity index (χ1) is 13.6. The minimum absolute atomic E-state index is 0.187. The molecule has 1 aromatic carbocycles. The third kappa shape index (κ3) is 5.35. The molecule has 3 rings (SSSR count). The van der Waals surface area contributed by atoms with Gasteiger partial charge in [0.2, 0.25) is 5.88 Å². The number of halogens is 5. The molecule has 6 nitrogen and oxygen atoms in total. The monoisotopic (exact) mass is 481 g/mol. The molecule has 2 N–H and O–H groups in total. The summed E-state index contributed by atoms with van der Waals surface area (Å²) < 4.78 is 68.0. The normalized spacial score (nSPS) is 24.9. The number of benzene rings is 1. The van der Waals surface area contributed by atoms with Crippen LogP contribution in [0.2, 0.25) is 0 Å². The number of hydrogen-bond acceptors (Lipinski definition) is 6. The number of ether oxygens (including phenoxy) is 3. The van der Waals surface area contributed by atoms with Crippen LogP contribution >= 0.6 is 15.9 Å². The van der Waals surface area contributed by atoms with Crippen molar-refractivity contribution in [3.05, 3.63) is 52.4 Å². The summed E-state index contributed by atoms with van der Waals surface area (Å²) in [6, 6.07) is 7.19. The van der Waals surface area contributed by atoms with Crippen molar-refractivity contribution in [1.82, 2.24) is 4.98 Å². The summed E-state index contributed by atoms with van der Waals surface area (Å²) in [6.45, 7) is -0.410. The van der Waals surface area contributed by atoms with Crippen LogP contribution in [0.15, 0.2) is 40.9 Å². The van der Waals surface area contributed by atoms with Crippen molar-refractivity contribution >= 4 is 15.9 Å². The summed E-state index contributed by atoms with van der Waals surface area (Å²) in [5.74, 6) is -0.697. The maximum Gasteiger partial charge on any atom is 0.433 e. The standard InChI is InChI=1S/C18H16BrF4NO5/c19-10-5-4-9(6-11(10)20)27-7-12-16(25)17(26)13(8-28-12)29-15-3-1-2-14(24-15)18(21,22)23/h1-6,12-13,16-17,25-26H,7-8H2/t12-,13+,16+,17-/m1/s1. The predicted molar refractivity (Wildman–Crippen MR) is 95.0 cm³/mol. The van der Waals surface area contributed by atoms with Crippen molar-refractivity contribution in [3.63, 3.8) is 0 Å². The van der Waals surface area contributed by atoms with Crippen LogP contribution in [0.25, 0.3) is 0 Å². The SMILES string of the molecule is O[C@@H]1[C@H](O)[C@@H](Oc2cccc(C(F)(F)F)n2)CO[C@@H]1COc1ccc(Br)c(F)c1. The molecule has 1 aliphatic heterocycles. The third-order valence-corrected chi connectivity index (χ3v) is 4.82. The molecule has 11 heteroatoms. The van der Waals surface area contributed by atoms with Gasteiger partial charge in [0.1, 0.15) is 42.2 Å². The number of aliphatic hydroxyl groups excluding tert-OH is 2. The first-order valence-electron chi connectivity index (χ1n) is 8.41. The molecule has 158 valence electrons. The number of nitrogens with zero attached hydrogens (tertiary/aromatic N) is 1. The summed E-state index contributed by atoms with van der Waals surface area (Å²) in [4.78, 5) is 3.35. The van der Waals surface area contributed by atoms with Gasteiger partial charge in [-0.3, -0.25) is 0 Å². The van der Waals surface area contributed by atoms with Crippen molar-refractivity contribution in [1.29, 1.82) is 0 Å². The average Bonchev–Trinajstić information content (AvgIpc) is 2.67. The van der Waals surface area contributed by atoms with Gasteiger partial charge in [0.05, 0.1) is 11.1 Å². The van der Waals surface area contributed by atoms with Crippen molar-refractivity contribution in [2.24, 2.45) is 0 Å². The lowest BCUT2D eigenvalue weighted by molar-refractivity contribution is -0.187. The van der Waals surface area contributed by atoms with E-state index in [1.165, 1.54) is 18.2 Å². The smallest absolute Gasteiger partial charge is 0.433 e. The number of rotatable bonds is 5. The van der Waals surface area contributed by atoms with E-state index in [1.54, 1.807) is 0 Å². The molecule has 29 heavy (non-hydrogen) atoms. The van der Waals surface area contributed by atoms with Crippen LogP contribution < -0.4 is 9.47 Å². The van der Waals surface area contributed by atoms with Crippen LogP contribution in [0.3, 0.4) is 0 Å². The number of hydrogen-bond donors (Lipinski definition) is 2. The topological polar surface area (TPSA) is 81.0 Å². The zero-order chi connectivity index (χ0) is 21.2. The van der Waals surface area contributed by atoms with Crippen LogP contribution in [-0.4, -0.2) is 52.8 Å². The Hall–Kier alpha value is -1.95. The van der Waals surface area contributed by atoms with E-state index in [1.807, 2.05) is 0 Å². The minimum atomic E-state index is -4.64. The van der Waals surface area contributed by atoms with Crippen molar-refractivity contribution in [3.8, 4) is 11.6 Å². The van der Waals surface area contributed by atoms with Crippen molar-refractivity contribution in [2.45, 2.75) is 30.6 Å². The molecular formula is C18H16BrF4NO5. The highest BCUT2D eigenvalue weighted by Crippen LogP contribution is 2.29. The zero-order valence-electron chi connectivity index (χ0n) is 14.6. The molecule has 0 unspecified atom stereocenters. The Balaban J connectivity index is 1.59. The van der Waals surface area contributed by atoms with Crippen LogP contribution in [0.4, 0.5) is 17.6 Å². The Bertz CT molecular complexity index is 853. The fraction of sp³-hybridized carbons (Fsp3) is 0.389. The lowest BCUT2D eigenvalue weighted by Crippen LogP contribution is -2.56. The number of alkyl halides is 3. The van der Waals surface area contributed by atoms with E-state index >= 15 is 0 Å². The highest BCUT2D eigenvalue weighted by molar-refractivity contribution is 9.10. The lowest BCUT2D eigenvalue weighted by atomic mass is 10.0. The van der Waals surface area contributed by atoms with Crippen LogP contribution in [0, 0.1) is 5.82 Å². The molecule has 0 spiro atoms. The summed E-state index contributed by atoms with van der Waals surface area (Å²) >= 11 is 3.01. The van der Waals surface area contributed by atoms with E-state index in [4.69, 9.17) is 14.2 Å². The molecule has 0 saturated carbocycles. The molecule has 0 aliphatic carbocycles. The minimum Gasteiger partial charge on any atom is -0.491 e. The van der Waals surface area contributed by atoms with E-state index < -0.39 is 42.1 Å². The van der Waals surface area contributed by atoms with Gasteiger partial charge in [-0.25, -0.2) is 9.37 Å². The van der Waals surface area contributed by atoms with Crippen LogP contribution in [0.5, 0.6) is 11.6 Å². The Morgan fingerprint density at radius 3 is 2.62 bits per heavy atom. The first kappa shape index (κ1) is 21.8. The number of pyridine rings is 1. The predicted octanol–water partition coefficient (Wildman–Crippen LogP) is 2.95. The Labute approximate surface area is 171 Å². The van der Waals surface area contributed by atoms with E-state index in [-0.39, 0.29) is 29.3 Å². The molecule has 0 bridgehead atoms. The molecule has 1 aliphatic rings. The van der Waals surface area contributed by atoms with Gasteiger partial charge in [-0.15, -0.1) is 0 Å². The van der Waals surface area contributed by atoms with E-state index in [0.717, 1.165) is 18.2 Å². The average molecular weight is 482 g/mol. The van der Waals surface area contributed by atoms with Gasteiger partial charge in [0, 0.05) is 12.1 Å². The Kier molecular flexibility index (Phi) is 6.62. The van der Waals surface area contributed by atoms with Gasteiger partial charge in [-0.2, -0.15) is 13.2 Å². The lowest BCUT2D eigenvalue weighted by Gasteiger charge is -2.37. The third-order valence-electron chi connectivity index (χ3n) is 4.18. The van der Waals surface area contributed by atoms with E-state index in [0.29, 0.717) is 0 Å². The van der Waals surface area contributed by atoms with Gasteiger partial charge < -0.3 is 24.4 Å². The van der Waals surface area contributed by atoms with Crippen molar-refractivity contribution < 1.29 is 42.0 Å². The zero-order valence-corrected chi connectivity index (χ0v) is 16.2. The highest BCUT2D eigenvalue weighted by atomic mass is 79.9. The number of aromatic nitrogens is 1. The maximum absolute atomic E-state index is 13.5. The molecule has 1 aromatic heterocycles. The van der Waals surface area contributed by atoms with Gasteiger partial charge in [0.25, 0.3) is 0 Å². The summed E-state index contributed by atoms with van der Waals surface area (Å²) in [5.41, 5.74) is -1.14. The highest BCUT2D eigenvalue weighted by Gasteiger charge is 2.41. The molecule has 2 aromatic rings. The molecule has 2 heterocycles. The maximum atomic E-state index is 13.5. The van der Waals surface area contributed by atoms with Crippen LogP contribution in [0.1, 0.15) is 5.69 Å². The number of aliphatic hydroxyl groups is 2. The summed E-state index contributed by atoms with van der Waals surface area (Å²) in [5, 5.41) is 20.5. The fourth-order valence-electron chi connectivity index (χ4n) is 2.64. The Morgan fingerprint density at radius 2 is 1.93 bits per heavy atom. The van der Waals surface area contributed by atoms with Crippen LogP contribution in [-0.2, 0) is 10.9 Å². The van der Waals surface area contributed by atoms with Gasteiger partial charge in [0.15, 0.2) is 6.10 Å². The van der Waals surface area contributed by atoms with E-state index in [2.05, 4.69) is 20.9 Å². The first-order valence-corrected chi connectivity index (χ1v) is 9.21. The van der Waals surface area contributed by atoms with Gasteiger partial charge >= 0.3 is 6.18 Å². The van der Waals surface area contributed by atoms with E-state index in [9.17, 15) is 27.8 Å². The fourth-order valence-corrected chi connectivity index (χ4v) is 2.89. The molecule has 4 atom stereocenters. The van der Waals surface area contributed by atoms with Gasteiger partial charge in [-0.1, -0.05) is 6.07 Å². The molecule has 1 fully saturated rings. The molecule has 0 amide bonds. The summed E-state index contributed by atoms with van der Waals surface area (Å²) in [7, 11) is 0. The molecule has 1 saturated heterocycles. The second kappa shape index (κ2) is 8.82. The Morgan fingerprint density at radius 1 is 1.17 bits per heavy atom.